The molecule has 0 atom stereocenters. The van der Waals surface area contributed by atoms with Gasteiger partial charge >= 0.3 is 7.60 Å². The van der Waals surface area contributed by atoms with Gasteiger partial charge in [-0.15, -0.1) is 5.10 Å². The third kappa shape index (κ3) is 2.12. The second-order valence-corrected chi connectivity index (χ2v) is 3.72. The zero-order chi connectivity index (χ0) is 9.19. The van der Waals surface area contributed by atoms with E-state index >= 15 is 0 Å². The van der Waals surface area contributed by atoms with E-state index in [2.05, 4.69) is 10.3 Å². The summed E-state index contributed by atoms with van der Waals surface area (Å²) in [6.07, 6.45) is 1.19. The molecule has 12 heavy (non-hydrogen) atoms. The summed E-state index contributed by atoms with van der Waals surface area (Å²) in [5.41, 5.74) is 4.87. The zero-order valence-corrected chi connectivity index (χ0v) is 7.05. The summed E-state index contributed by atoms with van der Waals surface area (Å²) in [7, 11) is -4.26. The Bertz CT molecular complexity index is 305. The number of nitrogens with zero attached hydrogens (tertiary/aromatic N) is 3. The fraction of sp³-hybridized carbons (Fsp3) is 0.500. The van der Waals surface area contributed by atoms with Gasteiger partial charge in [-0.25, -0.2) is 0 Å². The molecule has 0 aromatic carbocycles. The van der Waals surface area contributed by atoms with Crippen LogP contribution in [0.1, 0.15) is 0 Å². The molecule has 0 bridgehead atoms. The van der Waals surface area contributed by atoms with Crippen molar-refractivity contribution in [3.63, 3.8) is 0 Å². The summed E-state index contributed by atoms with van der Waals surface area (Å²) in [6.45, 7) is 0.747. The summed E-state index contributed by atoms with van der Waals surface area (Å²) >= 11 is 0. The molecule has 1 heterocycles. The van der Waals surface area contributed by atoms with E-state index in [1.807, 2.05) is 0 Å². The van der Waals surface area contributed by atoms with Gasteiger partial charge in [0.25, 0.3) is 0 Å². The van der Waals surface area contributed by atoms with Gasteiger partial charge in [0.2, 0.25) is 0 Å². The molecule has 0 spiro atoms. The Balaban J connectivity index is 2.85. The van der Waals surface area contributed by atoms with Crippen molar-refractivity contribution in [1.82, 2.24) is 15.0 Å². The molecule has 1 aromatic heterocycles. The quantitative estimate of drug-likeness (QED) is 0.479. The molecular weight excluding hydrogens is 183 g/mol. The highest BCUT2D eigenvalue weighted by atomic mass is 31.2. The lowest BCUT2D eigenvalue weighted by Crippen LogP contribution is -2.10. The normalized spacial score (nSPS) is 11.9. The van der Waals surface area contributed by atoms with Crippen LogP contribution in [0.4, 0.5) is 0 Å². The van der Waals surface area contributed by atoms with Crippen molar-refractivity contribution in [2.75, 3.05) is 6.54 Å². The maximum absolute atomic E-state index is 10.6. The third-order valence-corrected chi connectivity index (χ3v) is 1.98. The van der Waals surface area contributed by atoms with Gasteiger partial charge in [0, 0.05) is 6.54 Å². The standard InChI is InChI=1S/C4H9N4O3P/c5-1-2-8-3-4(6-7-8)12(9,10)11/h3H,1-2,5H2,(H2,9,10,11). The summed E-state index contributed by atoms with van der Waals surface area (Å²) < 4.78 is 11.9. The summed E-state index contributed by atoms with van der Waals surface area (Å²) in [6, 6.07) is 0. The Hall–Kier alpha value is -0.750. The fourth-order valence-corrected chi connectivity index (χ4v) is 1.10. The van der Waals surface area contributed by atoms with Gasteiger partial charge in [0.05, 0.1) is 12.7 Å². The molecule has 0 unspecified atom stereocenters. The molecule has 0 saturated heterocycles. The predicted octanol–water partition coefficient (Wildman–Crippen LogP) is -1.96. The molecule has 0 fully saturated rings. The average Bonchev–Trinajstić information content (AvgIpc) is 2.35. The van der Waals surface area contributed by atoms with Crippen LogP contribution >= 0.6 is 7.60 Å². The first-order chi connectivity index (χ1) is 5.54. The van der Waals surface area contributed by atoms with Crippen LogP contribution in [-0.2, 0) is 11.1 Å². The van der Waals surface area contributed by atoms with Crippen LogP contribution in [0, 0.1) is 0 Å². The van der Waals surface area contributed by atoms with Crippen molar-refractivity contribution in [3.05, 3.63) is 6.20 Å². The highest BCUT2D eigenvalue weighted by Crippen LogP contribution is 2.31. The van der Waals surface area contributed by atoms with Crippen molar-refractivity contribution < 1.29 is 14.4 Å². The number of hydrogen-bond donors (Lipinski definition) is 3. The van der Waals surface area contributed by atoms with Crippen LogP contribution in [0.3, 0.4) is 0 Å². The third-order valence-electron chi connectivity index (χ3n) is 1.18. The van der Waals surface area contributed by atoms with Crippen LogP contribution in [0.2, 0.25) is 0 Å². The number of rotatable bonds is 3. The Morgan fingerprint density at radius 3 is 2.75 bits per heavy atom. The van der Waals surface area contributed by atoms with Crippen molar-refractivity contribution >= 4 is 13.0 Å². The molecule has 1 rings (SSSR count). The highest BCUT2D eigenvalue weighted by molar-refractivity contribution is 7.59. The Kier molecular flexibility index (Phi) is 2.58. The molecule has 4 N–H and O–H groups in total. The lowest BCUT2D eigenvalue weighted by Gasteiger charge is -1.95. The molecule has 0 aliphatic heterocycles. The van der Waals surface area contributed by atoms with E-state index < -0.39 is 7.60 Å². The van der Waals surface area contributed by atoms with Gasteiger partial charge in [-0.2, -0.15) is 0 Å². The number of hydrogen-bond acceptors (Lipinski definition) is 4. The largest absolute Gasteiger partial charge is 0.377 e. The SMILES string of the molecule is NCCn1cc(P(=O)(O)O)nn1. The lowest BCUT2D eigenvalue weighted by molar-refractivity contribution is 0.386. The van der Waals surface area contributed by atoms with E-state index in [1.165, 1.54) is 10.9 Å². The van der Waals surface area contributed by atoms with Crippen LogP contribution in [-0.4, -0.2) is 31.3 Å². The van der Waals surface area contributed by atoms with Crippen molar-refractivity contribution in [2.45, 2.75) is 6.54 Å². The molecule has 0 saturated carbocycles. The van der Waals surface area contributed by atoms with Crippen LogP contribution in [0.25, 0.3) is 0 Å². The smallest absolute Gasteiger partial charge is 0.329 e. The maximum Gasteiger partial charge on any atom is 0.377 e. The topological polar surface area (TPSA) is 114 Å². The Morgan fingerprint density at radius 1 is 1.67 bits per heavy atom. The highest BCUT2D eigenvalue weighted by Gasteiger charge is 2.21. The van der Waals surface area contributed by atoms with Gasteiger partial charge in [-0.05, 0) is 0 Å². The Morgan fingerprint density at radius 2 is 2.33 bits per heavy atom. The van der Waals surface area contributed by atoms with E-state index in [1.54, 1.807) is 0 Å². The maximum atomic E-state index is 10.6. The van der Waals surface area contributed by atoms with E-state index in [0.717, 1.165) is 0 Å². The molecule has 0 amide bonds. The van der Waals surface area contributed by atoms with Gasteiger partial charge in [0.15, 0.2) is 5.44 Å². The predicted molar refractivity (Wildman–Crippen MR) is 40.8 cm³/mol. The van der Waals surface area contributed by atoms with Crippen LogP contribution in [0.15, 0.2) is 6.20 Å². The van der Waals surface area contributed by atoms with Gasteiger partial charge in [-0.3, -0.25) is 9.25 Å². The number of nitrogens with two attached hydrogens (primary N) is 1. The van der Waals surface area contributed by atoms with Crippen molar-refractivity contribution in [2.24, 2.45) is 5.73 Å². The van der Waals surface area contributed by atoms with E-state index in [-0.39, 0.29) is 5.44 Å². The van der Waals surface area contributed by atoms with Crippen molar-refractivity contribution in [3.8, 4) is 0 Å². The second kappa shape index (κ2) is 3.32. The van der Waals surface area contributed by atoms with Gasteiger partial charge in [0.1, 0.15) is 0 Å². The molecular formula is C4H9N4O3P. The lowest BCUT2D eigenvalue weighted by atomic mass is 10.6. The molecule has 1 aromatic rings. The second-order valence-electron chi connectivity index (χ2n) is 2.17. The molecule has 0 aliphatic carbocycles. The fourth-order valence-electron chi connectivity index (χ4n) is 0.663. The summed E-state index contributed by atoms with van der Waals surface area (Å²) in [5.74, 6) is 0. The summed E-state index contributed by atoms with van der Waals surface area (Å²) in [5, 5.41) is 6.77. The molecule has 0 radical (unpaired) electrons. The Labute approximate surface area is 68.3 Å². The van der Waals surface area contributed by atoms with E-state index in [9.17, 15) is 4.57 Å². The molecule has 0 aliphatic rings. The minimum absolute atomic E-state index is 0.323. The first kappa shape index (κ1) is 9.34. The minimum atomic E-state index is -4.26. The monoisotopic (exact) mass is 192 g/mol. The van der Waals surface area contributed by atoms with E-state index in [0.29, 0.717) is 13.1 Å². The molecule has 68 valence electrons. The molecule has 7 nitrogen and oxygen atoms in total. The number of aromatic nitrogens is 3. The van der Waals surface area contributed by atoms with E-state index in [4.69, 9.17) is 15.5 Å². The summed E-state index contributed by atoms with van der Waals surface area (Å²) in [4.78, 5) is 17.3. The van der Waals surface area contributed by atoms with Gasteiger partial charge < -0.3 is 15.5 Å². The molecule has 8 heteroatoms. The van der Waals surface area contributed by atoms with Crippen molar-refractivity contribution in [1.29, 1.82) is 0 Å². The van der Waals surface area contributed by atoms with Gasteiger partial charge in [-0.1, -0.05) is 5.21 Å². The first-order valence-corrected chi connectivity index (χ1v) is 4.81. The zero-order valence-electron chi connectivity index (χ0n) is 6.16. The average molecular weight is 192 g/mol. The van der Waals surface area contributed by atoms with Crippen LogP contribution < -0.4 is 11.2 Å². The minimum Gasteiger partial charge on any atom is -0.329 e. The van der Waals surface area contributed by atoms with Crippen LogP contribution in [0.5, 0.6) is 0 Å². The first-order valence-electron chi connectivity index (χ1n) is 3.20.